The van der Waals surface area contributed by atoms with Crippen LogP contribution in [0.2, 0.25) is 0 Å². The number of rotatable bonds is 3. The molecule has 1 rings (SSSR count). The summed E-state index contributed by atoms with van der Waals surface area (Å²) in [6, 6.07) is 3.07. The van der Waals surface area contributed by atoms with Crippen LogP contribution in [0.15, 0.2) is 21.1 Å². The number of hydrogen-bond donors (Lipinski definition) is 0. The molecule has 0 aliphatic rings. The Morgan fingerprint density at radius 3 is 2.36 bits per heavy atom. The van der Waals surface area contributed by atoms with Crippen molar-refractivity contribution >= 4 is 38.1 Å². The van der Waals surface area contributed by atoms with E-state index >= 15 is 0 Å². The van der Waals surface area contributed by atoms with E-state index in [-0.39, 0.29) is 11.3 Å². The molecule has 0 saturated heterocycles. The molecule has 0 aliphatic heterocycles. The van der Waals surface area contributed by atoms with Gasteiger partial charge in [0, 0.05) is 4.47 Å². The van der Waals surface area contributed by atoms with E-state index in [9.17, 15) is 13.6 Å². The first kappa shape index (κ1) is 11.6. The van der Waals surface area contributed by atoms with Crippen molar-refractivity contribution in [2.75, 3.05) is 0 Å². The monoisotopic (exact) mass is 328 g/mol. The Kier molecular flexibility index (Phi) is 4.00. The second kappa shape index (κ2) is 4.84. The summed E-state index contributed by atoms with van der Waals surface area (Å²) in [5, 5.41) is 0. The Labute approximate surface area is 95.5 Å². The lowest BCUT2D eigenvalue weighted by molar-refractivity contribution is -0.0506. The smallest absolute Gasteiger partial charge is 0.387 e. The molecular formula is C8H4Br2F2O2. The maximum absolute atomic E-state index is 12.0. The third-order valence-corrected chi connectivity index (χ3v) is 2.74. The molecule has 0 saturated carbocycles. The highest BCUT2D eigenvalue weighted by Crippen LogP contribution is 2.34. The van der Waals surface area contributed by atoms with Crippen molar-refractivity contribution in [3.8, 4) is 5.75 Å². The van der Waals surface area contributed by atoms with E-state index in [4.69, 9.17) is 0 Å². The van der Waals surface area contributed by atoms with Crippen LogP contribution in [0.4, 0.5) is 8.78 Å². The normalized spacial score (nSPS) is 10.4. The number of aldehydes is 1. The van der Waals surface area contributed by atoms with Crippen molar-refractivity contribution in [2.24, 2.45) is 0 Å². The highest BCUT2D eigenvalue weighted by Gasteiger charge is 2.15. The Morgan fingerprint density at radius 1 is 1.29 bits per heavy atom. The van der Waals surface area contributed by atoms with Crippen molar-refractivity contribution < 1.29 is 18.3 Å². The average molecular weight is 330 g/mol. The van der Waals surface area contributed by atoms with E-state index in [2.05, 4.69) is 36.6 Å². The number of hydrogen-bond acceptors (Lipinski definition) is 2. The van der Waals surface area contributed by atoms with Crippen LogP contribution in [0, 0.1) is 0 Å². The lowest BCUT2D eigenvalue weighted by Gasteiger charge is -2.09. The minimum Gasteiger partial charge on any atom is -0.433 e. The van der Waals surface area contributed by atoms with E-state index in [0.717, 1.165) is 0 Å². The molecule has 1 aromatic rings. The van der Waals surface area contributed by atoms with Crippen LogP contribution >= 0.6 is 31.9 Å². The number of halogens is 4. The van der Waals surface area contributed by atoms with Gasteiger partial charge in [-0.05, 0) is 44.0 Å². The molecule has 6 heteroatoms. The molecule has 76 valence electrons. The molecular weight excluding hydrogens is 326 g/mol. The fourth-order valence-electron chi connectivity index (χ4n) is 0.868. The Hall–Kier alpha value is -0.490. The van der Waals surface area contributed by atoms with E-state index in [1.165, 1.54) is 6.07 Å². The summed E-state index contributed by atoms with van der Waals surface area (Å²) in [7, 11) is 0. The van der Waals surface area contributed by atoms with Crippen LogP contribution in [-0.2, 0) is 0 Å². The van der Waals surface area contributed by atoms with E-state index in [0.29, 0.717) is 15.2 Å². The second-order valence-electron chi connectivity index (χ2n) is 2.27. The van der Waals surface area contributed by atoms with Gasteiger partial charge in [0.05, 0.1) is 10.0 Å². The molecule has 0 amide bonds. The van der Waals surface area contributed by atoms with Crippen LogP contribution in [-0.4, -0.2) is 12.9 Å². The van der Waals surface area contributed by atoms with Crippen molar-refractivity contribution in [1.82, 2.24) is 0 Å². The topological polar surface area (TPSA) is 26.3 Å². The summed E-state index contributed by atoms with van der Waals surface area (Å²) in [4.78, 5) is 10.6. The molecule has 0 radical (unpaired) electrons. The Bertz CT molecular complexity index is 355. The number of benzene rings is 1. The van der Waals surface area contributed by atoms with Crippen LogP contribution in [0.5, 0.6) is 5.75 Å². The Balaban J connectivity index is 3.22. The molecule has 0 atom stereocenters. The van der Waals surface area contributed by atoms with Crippen LogP contribution < -0.4 is 4.74 Å². The number of carbonyl (C=O) groups excluding carboxylic acids is 1. The fraction of sp³-hybridized carbons (Fsp3) is 0.125. The largest absolute Gasteiger partial charge is 0.433 e. The third-order valence-electron chi connectivity index (χ3n) is 1.42. The van der Waals surface area contributed by atoms with E-state index < -0.39 is 6.61 Å². The molecule has 0 N–H and O–H groups in total. The molecule has 14 heavy (non-hydrogen) atoms. The molecule has 0 aromatic heterocycles. The standard InChI is InChI=1S/C8H4Br2F2O2/c9-5-1-2-6(10)7(4(5)3-13)14-8(11)12/h1-3,8H. The first-order chi connectivity index (χ1) is 6.56. The molecule has 0 bridgehead atoms. The molecule has 0 unspecified atom stereocenters. The molecule has 0 spiro atoms. The molecule has 2 nitrogen and oxygen atoms in total. The number of ether oxygens (including phenoxy) is 1. The van der Waals surface area contributed by atoms with Gasteiger partial charge < -0.3 is 4.74 Å². The maximum Gasteiger partial charge on any atom is 0.387 e. The quantitative estimate of drug-likeness (QED) is 0.792. The lowest BCUT2D eigenvalue weighted by atomic mass is 10.2. The molecule has 1 aromatic carbocycles. The fourth-order valence-corrected chi connectivity index (χ4v) is 1.71. The van der Waals surface area contributed by atoms with E-state index in [1.807, 2.05) is 0 Å². The zero-order chi connectivity index (χ0) is 10.7. The van der Waals surface area contributed by atoms with Gasteiger partial charge in [-0.1, -0.05) is 0 Å². The highest BCUT2D eigenvalue weighted by atomic mass is 79.9. The van der Waals surface area contributed by atoms with Crippen LogP contribution in [0.3, 0.4) is 0 Å². The van der Waals surface area contributed by atoms with Gasteiger partial charge in [0.15, 0.2) is 12.0 Å². The SMILES string of the molecule is O=Cc1c(Br)ccc(Br)c1OC(F)F. The minimum absolute atomic E-state index is 0.0553. The first-order valence-corrected chi connectivity index (χ1v) is 5.03. The highest BCUT2D eigenvalue weighted by molar-refractivity contribution is 9.11. The summed E-state index contributed by atoms with van der Waals surface area (Å²) < 4.78 is 28.9. The molecule has 0 fully saturated rings. The van der Waals surface area contributed by atoms with Gasteiger partial charge in [-0.2, -0.15) is 8.78 Å². The molecule has 0 aliphatic carbocycles. The van der Waals surface area contributed by atoms with Gasteiger partial charge >= 0.3 is 6.61 Å². The maximum atomic E-state index is 12.0. The number of carbonyl (C=O) groups is 1. The summed E-state index contributed by atoms with van der Waals surface area (Å²) in [6.07, 6.45) is 0.451. The van der Waals surface area contributed by atoms with Crippen molar-refractivity contribution in [2.45, 2.75) is 6.61 Å². The van der Waals surface area contributed by atoms with Gasteiger partial charge in [0.25, 0.3) is 0 Å². The van der Waals surface area contributed by atoms with E-state index in [1.54, 1.807) is 6.07 Å². The zero-order valence-electron chi connectivity index (χ0n) is 6.64. The van der Waals surface area contributed by atoms with Crippen LogP contribution in [0.1, 0.15) is 10.4 Å². The van der Waals surface area contributed by atoms with Gasteiger partial charge in [-0.15, -0.1) is 0 Å². The van der Waals surface area contributed by atoms with Gasteiger partial charge in [0.2, 0.25) is 0 Å². The minimum atomic E-state index is -2.96. The average Bonchev–Trinajstić information content (AvgIpc) is 2.11. The summed E-state index contributed by atoms with van der Waals surface area (Å²) in [6.45, 7) is -2.96. The third kappa shape index (κ3) is 2.51. The summed E-state index contributed by atoms with van der Waals surface area (Å²) in [5.74, 6) is -0.163. The Morgan fingerprint density at radius 2 is 1.86 bits per heavy atom. The van der Waals surface area contributed by atoms with Gasteiger partial charge in [-0.25, -0.2) is 0 Å². The van der Waals surface area contributed by atoms with Crippen molar-refractivity contribution in [3.63, 3.8) is 0 Å². The molecule has 0 heterocycles. The summed E-state index contributed by atoms with van der Waals surface area (Å²) >= 11 is 6.07. The second-order valence-corrected chi connectivity index (χ2v) is 3.98. The zero-order valence-corrected chi connectivity index (χ0v) is 9.81. The first-order valence-electron chi connectivity index (χ1n) is 3.44. The lowest BCUT2D eigenvalue weighted by Crippen LogP contribution is -2.05. The summed E-state index contributed by atoms with van der Waals surface area (Å²) in [5.41, 5.74) is 0.0553. The van der Waals surface area contributed by atoms with Gasteiger partial charge in [0.1, 0.15) is 0 Å². The predicted octanol–water partition coefficient (Wildman–Crippen LogP) is 3.63. The predicted molar refractivity (Wildman–Crippen MR) is 53.9 cm³/mol. The number of alkyl halides is 2. The van der Waals surface area contributed by atoms with Crippen molar-refractivity contribution in [3.05, 3.63) is 26.6 Å². The van der Waals surface area contributed by atoms with Crippen LogP contribution in [0.25, 0.3) is 0 Å². The van der Waals surface area contributed by atoms with Gasteiger partial charge in [-0.3, -0.25) is 4.79 Å². The van der Waals surface area contributed by atoms with Crippen molar-refractivity contribution in [1.29, 1.82) is 0 Å².